The molecule has 2 aromatic carbocycles. The van der Waals surface area contributed by atoms with Crippen LogP contribution in [0, 0.1) is 5.41 Å². The lowest BCUT2D eigenvalue weighted by atomic mass is 9.85. The number of esters is 1. The molecule has 1 saturated carbocycles. The lowest BCUT2D eigenvalue weighted by Crippen LogP contribution is -2.29. The van der Waals surface area contributed by atoms with Crippen molar-refractivity contribution in [3.63, 3.8) is 0 Å². The van der Waals surface area contributed by atoms with Crippen LogP contribution in [0.1, 0.15) is 53.6 Å². The minimum Gasteiger partial charge on any atom is -0.465 e. The molecular weight excluding hydrogens is 362 g/mol. The van der Waals surface area contributed by atoms with Crippen LogP contribution in [0.5, 0.6) is 0 Å². The SMILES string of the molecule is COC(=O)c1cccc(C(C)CC(=N)C(=O)C2(c3ccc(Cl)cc3)CC2)c1. The van der Waals surface area contributed by atoms with E-state index < -0.39 is 11.4 Å². The molecule has 1 N–H and O–H groups in total. The van der Waals surface area contributed by atoms with Crippen molar-refractivity contribution in [1.29, 1.82) is 5.41 Å². The van der Waals surface area contributed by atoms with Crippen LogP contribution < -0.4 is 0 Å². The molecule has 0 bridgehead atoms. The summed E-state index contributed by atoms with van der Waals surface area (Å²) in [6.07, 6.45) is 1.86. The number of rotatable bonds is 7. The van der Waals surface area contributed by atoms with Gasteiger partial charge in [-0.25, -0.2) is 4.79 Å². The van der Waals surface area contributed by atoms with E-state index in [-0.39, 0.29) is 17.4 Å². The zero-order valence-corrected chi connectivity index (χ0v) is 16.2. The summed E-state index contributed by atoms with van der Waals surface area (Å²) in [5.41, 5.74) is 1.88. The molecule has 2 aromatic rings. The number of nitrogens with one attached hydrogen (secondary N) is 1. The lowest BCUT2D eigenvalue weighted by Gasteiger charge is -2.18. The first-order chi connectivity index (χ1) is 12.9. The number of Topliss-reactive ketones (excluding diaryl/α,β-unsaturated/α-hetero) is 1. The van der Waals surface area contributed by atoms with Gasteiger partial charge in [0.05, 0.1) is 23.8 Å². The summed E-state index contributed by atoms with van der Waals surface area (Å²) in [5.74, 6) is -0.553. The van der Waals surface area contributed by atoms with Gasteiger partial charge < -0.3 is 10.1 Å². The predicted octanol–water partition coefficient (Wildman–Crippen LogP) is 4.94. The molecule has 0 saturated heterocycles. The molecule has 27 heavy (non-hydrogen) atoms. The van der Waals surface area contributed by atoms with Gasteiger partial charge in [-0.05, 0) is 60.6 Å². The maximum Gasteiger partial charge on any atom is 0.337 e. The summed E-state index contributed by atoms with van der Waals surface area (Å²) in [5, 5.41) is 9.00. The van der Waals surface area contributed by atoms with Crippen LogP contribution in [0.25, 0.3) is 0 Å². The monoisotopic (exact) mass is 383 g/mol. The molecule has 0 spiro atoms. The summed E-state index contributed by atoms with van der Waals surface area (Å²) >= 11 is 5.95. The Hall–Kier alpha value is -2.46. The minimum absolute atomic E-state index is 0.0490. The number of carbonyl (C=O) groups is 2. The smallest absolute Gasteiger partial charge is 0.337 e. The number of hydrogen-bond donors (Lipinski definition) is 1. The summed E-state index contributed by atoms with van der Waals surface area (Å²) in [7, 11) is 1.35. The van der Waals surface area contributed by atoms with E-state index >= 15 is 0 Å². The topological polar surface area (TPSA) is 67.2 Å². The molecule has 0 aliphatic heterocycles. The number of ketones is 1. The molecule has 1 unspecified atom stereocenters. The Kier molecular flexibility index (Phi) is 5.47. The van der Waals surface area contributed by atoms with Crippen LogP contribution in [0.3, 0.4) is 0 Å². The number of ether oxygens (including phenoxy) is 1. The van der Waals surface area contributed by atoms with E-state index in [0.717, 1.165) is 24.0 Å². The maximum atomic E-state index is 13.0. The van der Waals surface area contributed by atoms with E-state index in [1.54, 1.807) is 30.3 Å². The summed E-state index contributed by atoms with van der Waals surface area (Å²) < 4.78 is 4.76. The first kappa shape index (κ1) is 19.3. The highest BCUT2D eigenvalue weighted by Gasteiger charge is 2.52. The van der Waals surface area contributed by atoms with Crippen molar-refractivity contribution in [3.8, 4) is 0 Å². The van der Waals surface area contributed by atoms with Crippen molar-refractivity contribution < 1.29 is 14.3 Å². The first-order valence-electron chi connectivity index (χ1n) is 8.94. The molecule has 1 aliphatic rings. The third-order valence-electron chi connectivity index (χ3n) is 5.24. The van der Waals surface area contributed by atoms with Gasteiger partial charge in [0.1, 0.15) is 0 Å². The van der Waals surface area contributed by atoms with Crippen LogP contribution in [-0.4, -0.2) is 24.6 Å². The van der Waals surface area contributed by atoms with Gasteiger partial charge in [0.25, 0.3) is 0 Å². The molecule has 0 heterocycles. The van der Waals surface area contributed by atoms with Crippen LogP contribution in [0.4, 0.5) is 0 Å². The molecule has 1 atom stereocenters. The van der Waals surface area contributed by atoms with Gasteiger partial charge in [-0.1, -0.05) is 42.8 Å². The molecular formula is C22H22ClNO3. The van der Waals surface area contributed by atoms with E-state index in [1.807, 2.05) is 25.1 Å². The average Bonchev–Trinajstić information content (AvgIpc) is 3.49. The lowest BCUT2D eigenvalue weighted by molar-refractivity contribution is -0.115. The second-order valence-corrected chi connectivity index (χ2v) is 7.56. The highest BCUT2D eigenvalue weighted by molar-refractivity contribution is 6.42. The van der Waals surface area contributed by atoms with Crippen molar-refractivity contribution in [2.75, 3.05) is 7.11 Å². The van der Waals surface area contributed by atoms with Crippen LogP contribution in [0.2, 0.25) is 5.02 Å². The second-order valence-electron chi connectivity index (χ2n) is 7.12. The summed E-state index contributed by atoms with van der Waals surface area (Å²) in [4.78, 5) is 24.7. The maximum absolute atomic E-state index is 13.0. The van der Waals surface area contributed by atoms with E-state index in [1.165, 1.54) is 7.11 Å². The number of benzene rings is 2. The fourth-order valence-electron chi connectivity index (χ4n) is 3.44. The zero-order chi connectivity index (χ0) is 19.6. The van der Waals surface area contributed by atoms with Gasteiger partial charge in [0, 0.05) is 5.02 Å². The van der Waals surface area contributed by atoms with E-state index in [4.69, 9.17) is 21.7 Å². The summed E-state index contributed by atoms with van der Waals surface area (Å²) in [6.45, 7) is 1.96. The van der Waals surface area contributed by atoms with Crippen molar-refractivity contribution in [3.05, 3.63) is 70.2 Å². The van der Waals surface area contributed by atoms with Crippen molar-refractivity contribution in [1.82, 2.24) is 0 Å². The van der Waals surface area contributed by atoms with Crippen LogP contribution in [-0.2, 0) is 14.9 Å². The zero-order valence-electron chi connectivity index (χ0n) is 15.4. The molecule has 0 amide bonds. The molecule has 1 aliphatic carbocycles. The number of methoxy groups -OCH3 is 1. The third-order valence-corrected chi connectivity index (χ3v) is 5.49. The normalized spacial score (nSPS) is 15.7. The quantitative estimate of drug-likeness (QED) is 0.543. The molecule has 140 valence electrons. The molecule has 5 heteroatoms. The molecule has 0 radical (unpaired) electrons. The molecule has 4 nitrogen and oxygen atoms in total. The fraction of sp³-hybridized carbons (Fsp3) is 0.318. The Balaban J connectivity index is 1.72. The Morgan fingerprint density at radius 3 is 2.44 bits per heavy atom. The fourth-order valence-corrected chi connectivity index (χ4v) is 3.56. The van der Waals surface area contributed by atoms with Crippen molar-refractivity contribution in [2.24, 2.45) is 0 Å². The number of halogens is 1. The van der Waals surface area contributed by atoms with Crippen molar-refractivity contribution in [2.45, 2.75) is 37.5 Å². The van der Waals surface area contributed by atoms with Crippen LogP contribution in [0.15, 0.2) is 48.5 Å². The minimum atomic E-state index is -0.560. The number of hydrogen-bond acceptors (Lipinski definition) is 4. The highest BCUT2D eigenvalue weighted by atomic mass is 35.5. The molecule has 0 aromatic heterocycles. The highest BCUT2D eigenvalue weighted by Crippen LogP contribution is 2.49. The standard InChI is InChI=1S/C22H22ClNO3/c1-14(15-4-3-5-16(13-15)21(26)27-2)12-19(24)20(25)22(10-11-22)17-6-8-18(23)9-7-17/h3-9,13-14,24H,10-12H2,1-2H3. The summed E-state index contributed by atoms with van der Waals surface area (Å²) in [6, 6.07) is 14.5. The Labute approximate surface area is 164 Å². The average molecular weight is 384 g/mol. The van der Waals surface area contributed by atoms with Crippen LogP contribution >= 0.6 is 11.6 Å². The van der Waals surface area contributed by atoms with E-state index in [0.29, 0.717) is 17.0 Å². The first-order valence-corrected chi connectivity index (χ1v) is 9.32. The third kappa shape index (κ3) is 3.96. The van der Waals surface area contributed by atoms with Gasteiger partial charge in [0.15, 0.2) is 5.78 Å². The Bertz CT molecular complexity index is 885. The van der Waals surface area contributed by atoms with Gasteiger partial charge in [-0.15, -0.1) is 0 Å². The van der Waals surface area contributed by atoms with Gasteiger partial charge in [-0.2, -0.15) is 0 Å². The van der Waals surface area contributed by atoms with E-state index in [9.17, 15) is 9.59 Å². The van der Waals surface area contributed by atoms with Gasteiger partial charge in [0.2, 0.25) is 0 Å². The molecule has 1 fully saturated rings. The predicted molar refractivity (Wildman–Crippen MR) is 106 cm³/mol. The Morgan fingerprint density at radius 2 is 1.85 bits per heavy atom. The van der Waals surface area contributed by atoms with Gasteiger partial charge >= 0.3 is 5.97 Å². The van der Waals surface area contributed by atoms with E-state index in [2.05, 4.69) is 0 Å². The van der Waals surface area contributed by atoms with Crippen molar-refractivity contribution >= 4 is 29.1 Å². The molecule has 3 rings (SSSR count). The Morgan fingerprint density at radius 1 is 1.19 bits per heavy atom. The van der Waals surface area contributed by atoms with Gasteiger partial charge in [-0.3, -0.25) is 4.79 Å². The largest absolute Gasteiger partial charge is 0.465 e. The second kappa shape index (κ2) is 7.65. The number of carbonyl (C=O) groups excluding carboxylic acids is 2.